The zero-order valence-electron chi connectivity index (χ0n) is 3.46. The molecule has 8 heteroatoms. The van der Waals surface area contributed by atoms with Gasteiger partial charge in [0.2, 0.25) is 0 Å². The van der Waals surface area contributed by atoms with Crippen LogP contribution in [0.15, 0.2) is 0 Å². The summed E-state index contributed by atoms with van der Waals surface area (Å²) in [5, 5.41) is 0. The number of hydrogen-bond acceptors (Lipinski definition) is 4. The molecule has 0 radical (unpaired) electrons. The van der Waals surface area contributed by atoms with Crippen molar-refractivity contribution in [3.05, 3.63) is 0 Å². The third kappa shape index (κ3) is 15.6. The van der Waals surface area contributed by atoms with E-state index in [1.54, 1.807) is 0 Å². The molecule has 0 saturated heterocycles. The summed E-state index contributed by atoms with van der Waals surface area (Å²) in [4.78, 5) is 15.4. The molecule has 0 amide bonds. The molecule has 0 saturated carbocycles. The first-order chi connectivity index (χ1) is 3.56. The standard InChI is InChI=1S/Mo.H3O4P.H2S2/c;1-5(2,3)4;1-2/h;(H3,1,2,3,4);1-2H/q+1;;/p-1. The fourth-order valence-electron chi connectivity index (χ4n) is 0. The van der Waals surface area contributed by atoms with Crippen molar-refractivity contribution in [2.75, 3.05) is 0 Å². The maximum atomic E-state index is 9.47. The fourth-order valence-corrected chi connectivity index (χ4v) is 0. The SMILES string of the molecule is O=P(O)(O)[O][Mo].SS. The van der Waals surface area contributed by atoms with Crippen molar-refractivity contribution in [1.29, 1.82) is 0 Å². The molecule has 2 N–H and O–H groups in total. The molecule has 0 heterocycles. The van der Waals surface area contributed by atoms with Crippen LogP contribution in [0.2, 0.25) is 0 Å². The number of thiol groups is 2. The topological polar surface area (TPSA) is 66.8 Å². The maximum absolute atomic E-state index is 9.47. The van der Waals surface area contributed by atoms with Gasteiger partial charge in [0.15, 0.2) is 0 Å². The second-order valence-electron chi connectivity index (χ2n) is 0.565. The van der Waals surface area contributed by atoms with Gasteiger partial charge < -0.3 is 0 Å². The number of phosphoric acid groups is 1. The third-order valence-electron chi connectivity index (χ3n) is 0.0971. The van der Waals surface area contributed by atoms with Crippen molar-refractivity contribution in [2.24, 2.45) is 0 Å². The van der Waals surface area contributed by atoms with E-state index in [0.29, 0.717) is 0 Å². The number of hydrogen-bond donors (Lipinski definition) is 4. The van der Waals surface area contributed by atoms with Crippen LogP contribution in [0.25, 0.3) is 0 Å². The summed E-state index contributed by atoms with van der Waals surface area (Å²) in [5.74, 6) is 0. The van der Waals surface area contributed by atoms with E-state index in [9.17, 15) is 4.57 Å². The minimum Gasteiger partial charge on any atom is -0.115 e. The van der Waals surface area contributed by atoms with E-state index < -0.39 is 7.82 Å². The van der Waals surface area contributed by atoms with Gasteiger partial charge in [0.05, 0.1) is 0 Å². The molecule has 0 aromatic heterocycles. The molecular formula is H4MoO4PS2. The van der Waals surface area contributed by atoms with Gasteiger partial charge in [-0.1, -0.05) is 0 Å². The van der Waals surface area contributed by atoms with Crippen LogP contribution in [0.1, 0.15) is 0 Å². The van der Waals surface area contributed by atoms with Crippen molar-refractivity contribution < 1.29 is 37.7 Å². The summed E-state index contributed by atoms with van der Waals surface area (Å²) in [6, 6.07) is 0. The van der Waals surface area contributed by atoms with E-state index >= 15 is 0 Å². The summed E-state index contributed by atoms with van der Waals surface area (Å²) in [6.45, 7) is 0. The Morgan fingerprint density at radius 1 is 1.50 bits per heavy atom. The molecule has 8 heavy (non-hydrogen) atoms. The van der Waals surface area contributed by atoms with E-state index in [4.69, 9.17) is 9.79 Å². The zero-order valence-corrected chi connectivity index (χ0v) is 8.15. The van der Waals surface area contributed by atoms with Crippen LogP contribution in [0, 0.1) is 0 Å². The van der Waals surface area contributed by atoms with Crippen molar-refractivity contribution in [3.63, 3.8) is 0 Å². The first-order valence-corrected chi connectivity index (χ1v) is 5.08. The Balaban J connectivity index is 0. The van der Waals surface area contributed by atoms with Crippen molar-refractivity contribution in [3.8, 4) is 0 Å². The Morgan fingerprint density at radius 3 is 1.62 bits per heavy atom. The van der Waals surface area contributed by atoms with Crippen molar-refractivity contribution >= 4 is 31.1 Å². The van der Waals surface area contributed by atoms with E-state index in [-0.39, 0.29) is 0 Å². The van der Waals surface area contributed by atoms with Crippen LogP contribution in [-0.2, 0) is 27.9 Å². The Kier molecular flexibility index (Phi) is 10.1. The molecule has 0 rings (SSSR count). The molecule has 0 spiro atoms. The first-order valence-electron chi connectivity index (χ1n) is 1.13. The number of rotatable bonds is 1. The Hall–Kier alpha value is 1.50. The Labute approximate surface area is 68.8 Å². The van der Waals surface area contributed by atoms with Crippen molar-refractivity contribution in [2.45, 2.75) is 0 Å². The first kappa shape index (κ1) is 12.2. The minimum atomic E-state index is -4.14. The Bertz CT molecular complexity index is 78.1. The monoisotopic (exact) mass is 261 g/mol. The molecule has 51 valence electrons. The summed E-state index contributed by atoms with van der Waals surface area (Å²) >= 11 is 7.33. The van der Waals surface area contributed by atoms with Gasteiger partial charge in [-0.25, -0.2) is 0 Å². The van der Waals surface area contributed by atoms with Gasteiger partial charge in [-0.15, -0.1) is 23.3 Å². The maximum Gasteiger partial charge on any atom is -0.115 e. The van der Waals surface area contributed by atoms with Gasteiger partial charge in [0, 0.05) is 0 Å². The molecule has 4 nitrogen and oxygen atoms in total. The summed E-state index contributed by atoms with van der Waals surface area (Å²) in [5.41, 5.74) is 0. The van der Waals surface area contributed by atoms with Crippen LogP contribution >= 0.6 is 31.1 Å². The van der Waals surface area contributed by atoms with E-state index in [1.807, 2.05) is 0 Å². The van der Waals surface area contributed by atoms with Gasteiger partial charge >= 0.3 is 45.5 Å². The summed E-state index contributed by atoms with van der Waals surface area (Å²) in [6.07, 6.45) is 0. The summed E-state index contributed by atoms with van der Waals surface area (Å²) in [7, 11) is -4.14. The quantitative estimate of drug-likeness (QED) is 0.237. The summed E-state index contributed by atoms with van der Waals surface area (Å²) < 4.78 is 13.1. The van der Waals surface area contributed by atoms with Crippen LogP contribution in [-0.4, -0.2) is 9.79 Å². The van der Waals surface area contributed by atoms with E-state index in [2.05, 4.69) is 26.5 Å². The predicted octanol–water partition coefficient (Wildman–Crippen LogP) is 0.318. The normalized spacial score (nSPS) is 9.50. The second-order valence-corrected chi connectivity index (χ2v) is 2.79. The predicted molar refractivity (Wildman–Crippen MR) is 31.1 cm³/mol. The van der Waals surface area contributed by atoms with Gasteiger partial charge in [0.25, 0.3) is 0 Å². The average molecular weight is 259 g/mol. The molecule has 0 aliphatic heterocycles. The molecule has 0 aliphatic carbocycles. The molecule has 0 aromatic carbocycles. The molecule has 0 unspecified atom stereocenters. The van der Waals surface area contributed by atoms with E-state index in [0.717, 1.165) is 20.2 Å². The van der Waals surface area contributed by atoms with Crippen LogP contribution < -0.4 is 0 Å². The fraction of sp³-hybridized carbons (Fsp3) is 0. The average Bonchev–Trinajstić information content (AvgIpc) is 1.71. The second kappa shape index (κ2) is 6.62. The van der Waals surface area contributed by atoms with Crippen LogP contribution in [0.5, 0.6) is 0 Å². The van der Waals surface area contributed by atoms with E-state index in [1.165, 1.54) is 0 Å². The largest absolute Gasteiger partial charge is 0.115 e. The smallest absolute Gasteiger partial charge is 0.115 e. The van der Waals surface area contributed by atoms with Gasteiger partial charge in [-0.2, -0.15) is 0 Å². The van der Waals surface area contributed by atoms with Crippen LogP contribution in [0.3, 0.4) is 0 Å². The van der Waals surface area contributed by atoms with Gasteiger partial charge in [0.1, 0.15) is 0 Å². The molecule has 0 atom stereocenters. The molecule has 0 fully saturated rings. The van der Waals surface area contributed by atoms with Crippen molar-refractivity contribution in [1.82, 2.24) is 0 Å². The Morgan fingerprint density at radius 2 is 1.62 bits per heavy atom. The van der Waals surface area contributed by atoms with Crippen LogP contribution in [0.4, 0.5) is 0 Å². The zero-order chi connectivity index (χ0) is 7.21. The molecule has 0 bridgehead atoms. The molecule has 0 aliphatic rings. The van der Waals surface area contributed by atoms with Gasteiger partial charge in [-0.05, 0) is 0 Å². The minimum absolute atomic E-state index is 0.883. The molecular weight excluding hydrogens is 255 g/mol. The third-order valence-corrected chi connectivity index (χ3v) is 1.72. The van der Waals surface area contributed by atoms with Gasteiger partial charge in [-0.3, -0.25) is 0 Å². The molecule has 0 aromatic rings.